The molecule has 0 spiro atoms. The van der Waals surface area contributed by atoms with Crippen LogP contribution in [0.3, 0.4) is 0 Å². The lowest BCUT2D eigenvalue weighted by atomic mass is 10.0. The van der Waals surface area contributed by atoms with Gasteiger partial charge in [0.05, 0.1) is 0 Å². The van der Waals surface area contributed by atoms with E-state index in [2.05, 4.69) is 154 Å². The summed E-state index contributed by atoms with van der Waals surface area (Å²) in [6, 6.07) is 0. The summed E-state index contributed by atoms with van der Waals surface area (Å²) in [6.07, 6.45) is 91.7. The number of ether oxygens (including phenoxy) is 3. The average molecular weight is 1080 g/mol. The molecule has 0 aliphatic rings. The van der Waals surface area contributed by atoms with Crippen LogP contribution in [0.25, 0.3) is 0 Å². The summed E-state index contributed by atoms with van der Waals surface area (Å²) in [5.74, 6) is -0.970. The summed E-state index contributed by atoms with van der Waals surface area (Å²) in [5, 5.41) is 0. The van der Waals surface area contributed by atoms with Crippen molar-refractivity contribution in [3.63, 3.8) is 0 Å². The van der Waals surface area contributed by atoms with Gasteiger partial charge in [-0.25, -0.2) is 0 Å². The highest BCUT2D eigenvalue weighted by atomic mass is 16.6. The molecule has 0 bridgehead atoms. The molecule has 442 valence electrons. The molecule has 0 radical (unpaired) electrons. The minimum absolute atomic E-state index is 0.103. The van der Waals surface area contributed by atoms with Crippen molar-refractivity contribution in [2.45, 2.75) is 290 Å². The van der Waals surface area contributed by atoms with Crippen LogP contribution in [0, 0.1) is 0 Å². The number of carbonyl (C=O) groups is 3. The molecule has 0 amide bonds. The molecular weight excluding hydrogens is 961 g/mol. The Labute approximate surface area is 481 Å². The van der Waals surface area contributed by atoms with Crippen LogP contribution in [0.2, 0.25) is 0 Å². The van der Waals surface area contributed by atoms with Crippen molar-refractivity contribution in [3.8, 4) is 0 Å². The van der Waals surface area contributed by atoms with Gasteiger partial charge in [0.25, 0.3) is 0 Å². The third-order valence-electron chi connectivity index (χ3n) is 13.4. The quantitative estimate of drug-likeness (QED) is 0.0261. The first-order valence-corrected chi connectivity index (χ1v) is 32.2. The molecular formula is C72H118O6. The summed E-state index contributed by atoms with van der Waals surface area (Å²) in [6.45, 7) is 6.35. The predicted molar refractivity (Wildman–Crippen MR) is 339 cm³/mol. The molecule has 6 heteroatoms. The van der Waals surface area contributed by atoms with Gasteiger partial charge in [-0.3, -0.25) is 14.4 Å². The Morgan fingerprint density at radius 3 is 0.833 bits per heavy atom. The molecule has 0 saturated carbocycles. The van der Waals surface area contributed by atoms with E-state index in [4.69, 9.17) is 14.2 Å². The van der Waals surface area contributed by atoms with Crippen molar-refractivity contribution in [1.29, 1.82) is 0 Å². The van der Waals surface area contributed by atoms with E-state index >= 15 is 0 Å². The maximum absolute atomic E-state index is 12.9. The highest BCUT2D eigenvalue weighted by Crippen LogP contribution is 2.15. The molecule has 0 rings (SSSR count). The molecule has 0 N–H and O–H groups in total. The van der Waals surface area contributed by atoms with Gasteiger partial charge in [-0.1, -0.05) is 270 Å². The zero-order chi connectivity index (χ0) is 56.4. The van der Waals surface area contributed by atoms with E-state index in [-0.39, 0.29) is 37.5 Å². The molecule has 78 heavy (non-hydrogen) atoms. The maximum atomic E-state index is 12.9. The van der Waals surface area contributed by atoms with E-state index in [1.807, 2.05) is 0 Å². The zero-order valence-electron chi connectivity index (χ0n) is 50.6. The second-order valence-corrected chi connectivity index (χ2v) is 20.9. The molecule has 0 aliphatic heterocycles. The summed E-state index contributed by atoms with van der Waals surface area (Å²) < 4.78 is 16.9. The Balaban J connectivity index is 4.43. The molecule has 0 aromatic heterocycles. The van der Waals surface area contributed by atoms with Gasteiger partial charge in [0.2, 0.25) is 0 Å². The molecule has 0 fully saturated rings. The number of hydrogen-bond acceptors (Lipinski definition) is 6. The summed E-state index contributed by atoms with van der Waals surface area (Å²) in [4.78, 5) is 38.3. The standard InChI is InChI=1S/C72H118O6/c1-4-7-10-13-16-19-22-25-28-31-33-34-35-36-37-38-39-42-44-47-50-53-56-59-62-65-71(74)77-68-69(67-76-70(73)64-61-58-55-52-49-46-43-40-30-27-24-21-18-15-12-9-6-3)78-72(75)66-63-60-57-54-51-48-45-41-32-29-26-23-20-17-14-11-8-5-2/h7,9-10,12,16,18-21,23,25,27-30,32-34,43,46,52,55,69H,4-6,8,11,13-15,17,22,24,26,31,35-42,44-45,47-51,53-54,56-68H2,1-3H3/b10-7-,12-9-,19-16-,21-18-,23-20-,28-25-,30-27-,32-29-,34-33-,46-43-,55-52-. The van der Waals surface area contributed by atoms with Crippen LogP contribution in [-0.2, 0) is 28.6 Å². The summed E-state index contributed by atoms with van der Waals surface area (Å²) in [5.41, 5.74) is 0. The topological polar surface area (TPSA) is 78.9 Å². The van der Waals surface area contributed by atoms with Crippen molar-refractivity contribution in [2.75, 3.05) is 13.2 Å². The first-order valence-electron chi connectivity index (χ1n) is 32.2. The van der Waals surface area contributed by atoms with Crippen LogP contribution < -0.4 is 0 Å². The lowest BCUT2D eigenvalue weighted by molar-refractivity contribution is -0.167. The number of carbonyl (C=O) groups excluding carboxylic acids is 3. The Bertz CT molecular complexity index is 1670. The molecule has 1 atom stereocenters. The molecule has 0 saturated heterocycles. The summed E-state index contributed by atoms with van der Waals surface area (Å²) in [7, 11) is 0. The number of esters is 3. The van der Waals surface area contributed by atoms with Crippen molar-refractivity contribution in [3.05, 3.63) is 134 Å². The number of allylic oxidation sites excluding steroid dienone is 22. The van der Waals surface area contributed by atoms with Gasteiger partial charge in [0, 0.05) is 19.3 Å². The number of rotatable bonds is 57. The van der Waals surface area contributed by atoms with Gasteiger partial charge in [0.15, 0.2) is 6.10 Å². The van der Waals surface area contributed by atoms with Crippen molar-refractivity contribution >= 4 is 17.9 Å². The van der Waals surface area contributed by atoms with Crippen molar-refractivity contribution in [2.24, 2.45) is 0 Å². The number of unbranched alkanes of at least 4 members (excludes halogenated alkanes) is 24. The predicted octanol–water partition coefficient (Wildman–Crippen LogP) is 22.2. The second kappa shape index (κ2) is 65.1. The fourth-order valence-electron chi connectivity index (χ4n) is 8.62. The van der Waals surface area contributed by atoms with Gasteiger partial charge in [-0.15, -0.1) is 0 Å². The van der Waals surface area contributed by atoms with E-state index < -0.39 is 6.10 Å². The second-order valence-electron chi connectivity index (χ2n) is 20.9. The van der Waals surface area contributed by atoms with E-state index in [0.29, 0.717) is 19.3 Å². The van der Waals surface area contributed by atoms with Crippen LogP contribution in [0.4, 0.5) is 0 Å². The largest absolute Gasteiger partial charge is 0.462 e. The van der Waals surface area contributed by atoms with Crippen LogP contribution in [0.15, 0.2) is 134 Å². The first kappa shape index (κ1) is 73.5. The van der Waals surface area contributed by atoms with Crippen LogP contribution in [0.1, 0.15) is 284 Å². The van der Waals surface area contributed by atoms with Gasteiger partial charge >= 0.3 is 17.9 Å². The highest BCUT2D eigenvalue weighted by Gasteiger charge is 2.19. The monoisotopic (exact) mass is 1080 g/mol. The highest BCUT2D eigenvalue weighted by molar-refractivity contribution is 5.71. The smallest absolute Gasteiger partial charge is 0.306 e. The van der Waals surface area contributed by atoms with Gasteiger partial charge < -0.3 is 14.2 Å². The van der Waals surface area contributed by atoms with E-state index in [1.54, 1.807) is 0 Å². The average Bonchev–Trinajstić information content (AvgIpc) is 3.44. The molecule has 6 nitrogen and oxygen atoms in total. The van der Waals surface area contributed by atoms with Gasteiger partial charge in [-0.2, -0.15) is 0 Å². The van der Waals surface area contributed by atoms with Crippen LogP contribution >= 0.6 is 0 Å². The maximum Gasteiger partial charge on any atom is 0.306 e. The molecule has 0 aliphatic carbocycles. The Hall–Kier alpha value is -4.45. The van der Waals surface area contributed by atoms with E-state index in [1.165, 1.54) is 122 Å². The third-order valence-corrected chi connectivity index (χ3v) is 13.4. The fourth-order valence-corrected chi connectivity index (χ4v) is 8.62. The van der Waals surface area contributed by atoms with Gasteiger partial charge in [-0.05, 0) is 128 Å². The minimum atomic E-state index is -0.812. The number of hydrogen-bond donors (Lipinski definition) is 0. The third kappa shape index (κ3) is 62.4. The minimum Gasteiger partial charge on any atom is -0.462 e. The molecule has 0 aromatic carbocycles. The van der Waals surface area contributed by atoms with Crippen LogP contribution in [-0.4, -0.2) is 37.2 Å². The lowest BCUT2D eigenvalue weighted by Crippen LogP contribution is -2.30. The Kier molecular flexibility index (Phi) is 61.4. The van der Waals surface area contributed by atoms with Gasteiger partial charge in [0.1, 0.15) is 13.2 Å². The van der Waals surface area contributed by atoms with Crippen LogP contribution in [0.5, 0.6) is 0 Å². The first-order chi connectivity index (χ1) is 38.5. The molecule has 0 heterocycles. The molecule has 1 unspecified atom stereocenters. The fraction of sp³-hybridized carbons (Fsp3) is 0.653. The Morgan fingerprint density at radius 2 is 0.513 bits per heavy atom. The molecule has 0 aromatic rings. The SMILES string of the molecule is CC/C=C\C/C=C\C/C=C\C/C=C\C/C=C\CCCC(=O)OCC(COC(=O)CCCCCCCCCCCCCC/C=C\C/C=C\C/C=C\C/C=C\CC)OC(=O)CCCCCCCCC/C=C\C/C=C\CCCCCC. The Morgan fingerprint density at radius 1 is 0.269 bits per heavy atom. The van der Waals surface area contributed by atoms with E-state index in [0.717, 1.165) is 116 Å². The lowest BCUT2D eigenvalue weighted by Gasteiger charge is -2.18. The normalized spacial score (nSPS) is 13.0. The summed E-state index contributed by atoms with van der Waals surface area (Å²) >= 11 is 0. The van der Waals surface area contributed by atoms with Crippen molar-refractivity contribution in [1.82, 2.24) is 0 Å². The zero-order valence-corrected chi connectivity index (χ0v) is 50.6. The van der Waals surface area contributed by atoms with E-state index in [9.17, 15) is 14.4 Å². The van der Waals surface area contributed by atoms with Crippen molar-refractivity contribution < 1.29 is 28.6 Å².